The number of hydrogen-bond donors (Lipinski definition) is 0. The van der Waals surface area contributed by atoms with Gasteiger partial charge in [-0.3, -0.25) is 0 Å². The number of esters is 1. The Morgan fingerprint density at radius 2 is 1.38 bits per heavy atom. The van der Waals surface area contributed by atoms with Crippen molar-refractivity contribution in [3.05, 3.63) is 0 Å². The average Bonchev–Trinajstić information content (AvgIpc) is 2.60. The molecule has 0 N–H and O–H groups in total. The normalized spacial score (nSPS) is 13.0. The van der Waals surface area contributed by atoms with Gasteiger partial charge in [0.1, 0.15) is 13.2 Å². The summed E-state index contributed by atoms with van der Waals surface area (Å²) in [6.45, 7) is 6.92. The zero-order chi connectivity index (χ0) is 19.7. The quantitative estimate of drug-likeness (QED) is 0.134. The zero-order valence-corrected chi connectivity index (χ0v) is 19.1. The van der Waals surface area contributed by atoms with Gasteiger partial charge < -0.3 is 13.7 Å². The lowest BCUT2D eigenvalue weighted by atomic mass is 10.1. The lowest BCUT2D eigenvalue weighted by Crippen LogP contribution is -2.43. The van der Waals surface area contributed by atoms with Crippen LogP contribution in [0.15, 0.2) is 0 Å². The van der Waals surface area contributed by atoms with Gasteiger partial charge >= 0.3 is 5.97 Å². The minimum atomic E-state index is -0.435. The van der Waals surface area contributed by atoms with Crippen molar-refractivity contribution in [3.63, 3.8) is 0 Å². The molecule has 0 saturated heterocycles. The maximum atomic E-state index is 12.1. The molecule has 26 heavy (non-hydrogen) atoms. The number of quaternary nitrogens is 1. The van der Waals surface area contributed by atoms with Crippen LogP contribution in [0, 0.1) is 0 Å². The molecule has 156 valence electrons. The average molecular weight is 391 g/mol. The number of likely N-dealkylation sites (N-methyl/N-ethyl adjacent to an activating group) is 1. The number of ether oxygens (including phenoxy) is 1. The Kier molecular flexibility index (Phi) is 16.8. The van der Waals surface area contributed by atoms with Crippen LogP contribution in [-0.4, -0.2) is 50.3 Å². The first kappa shape index (κ1) is 25.8. The van der Waals surface area contributed by atoms with Gasteiger partial charge in [0.2, 0.25) is 0 Å². The molecule has 0 fully saturated rings. The van der Waals surface area contributed by atoms with Crippen molar-refractivity contribution >= 4 is 15.4 Å². The summed E-state index contributed by atoms with van der Waals surface area (Å²) >= 11 is 0. The minimum Gasteiger partial charge on any atom is -0.458 e. The van der Waals surface area contributed by atoms with Crippen molar-refractivity contribution in [2.24, 2.45) is 0 Å². The lowest BCUT2D eigenvalue weighted by Gasteiger charge is -2.29. The van der Waals surface area contributed by atoms with E-state index in [4.69, 9.17) is 9.26 Å². The molecule has 0 heterocycles. The number of unbranched alkanes of at least 4 members (excludes halogenated alkanes) is 9. The Balaban J connectivity index is 3.83. The molecule has 0 aromatic heterocycles. The smallest absolute Gasteiger partial charge is 0.335 e. The van der Waals surface area contributed by atoms with E-state index in [0.29, 0.717) is 6.61 Å². The van der Waals surface area contributed by atoms with Crippen molar-refractivity contribution in [2.45, 2.75) is 97.0 Å². The molecule has 4 nitrogen and oxygen atoms in total. The molecule has 2 unspecified atom stereocenters. The molecule has 0 aromatic carbocycles. The van der Waals surface area contributed by atoms with E-state index in [0.717, 1.165) is 36.8 Å². The fourth-order valence-corrected chi connectivity index (χ4v) is 3.34. The Hall–Kier alpha value is -0.180. The Morgan fingerprint density at radius 1 is 0.846 bits per heavy atom. The van der Waals surface area contributed by atoms with Gasteiger partial charge in [-0.2, -0.15) is 0 Å². The molecular weight excluding hydrogens is 345 g/mol. The molecule has 0 radical (unpaired) electrons. The number of hydrogen-bond acceptors (Lipinski definition) is 3. The number of carbonyl (C=O) groups is 1. The molecule has 0 amide bonds. The third-order valence-electron chi connectivity index (χ3n) is 5.05. The molecule has 0 spiro atoms. The van der Waals surface area contributed by atoms with Gasteiger partial charge in [0.05, 0.1) is 20.6 Å². The Morgan fingerprint density at radius 3 is 1.96 bits per heavy atom. The van der Waals surface area contributed by atoms with E-state index in [1.807, 2.05) is 0 Å². The van der Waals surface area contributed by atoms with E-state index in [1.54, 1.807) is 0 Å². The number of nitrogens with zero attached hydrogens (tertiary/aromatic N) is 1. The molecule has 0 rings (SSSR count). The van der Waals surface area contributed by atoms with Gasteiger partial charge in [0.25, 0.3) is 0 Å². The molecule has 0 saturated carbocycles. The van der Waals surface area contributed by atoms with Gasteiger partial charge in [-0.15, -0.1) is 0 Å². The highest BCUT2D eigenvalue weighted by Gasteiger charge is 2.21. The van der Waals surface area contributed by atoms with Crippen LogP contribution in [0.3, 0.4) is 0 Å². The van der Waals surface area contributed by atoms with Crippen LogP contribution < -0.4 is 0 Å². The molecule has 0 bridgehead atoms. The van der Waals surface area contributed by atoms with Gasteiger partial charge in [0.15, 0.2) is 6.10 Å². The van der Waals surface area contributed by atoms with Crippen LogP contribution >= 0.6 is 9.47 Å². The van der Waals surface area contributed by atoms with Gasteiger partial charge in [-0.25, -0.2) is 4.79 Å². The fraction of sp³-hybridized carbons (Fsp3) is 0.952. The molecule has 2 atom stereocenters. The predicted molar refractivity (Wildman–Crippen MR) is 114 cm³/mol. The topological polar surface area (TPSA) is 35.5 Å². The summed E-state index contributed by atoms with van der Waals surface area (Å²) in [5.74, 6) is -0.215. The highest BCUT2D eigenvalue weighted by Crippen LogP contribution is 2.13. The van der Waals surface area contributed by atoms with Crippen molar-refractivity contribution in [1.29, 1.82) is 0 Å². The van der Waals surface area contributed by atoms with E-state index in [-0.39, 0.29) is 5.97 Å². The van der Waals surface area contributed by atoms with Crippen molar-refractivity contribution in [2.75, 3.05) is 33.8 Å². The summed E-state index contributed by atoms with van der Waals surface area (Å²) < 4.78 is 11.6. The first-order chi connectivity index (χ1) is 12.5. The molecule has 0 aromatic rings. The van der Waals surface area contributed by atoms with Crippen molar-refractivity contribution in [1.82, 2.24) is 0 Å². The van der Waals surface area contributed by atoms with Crippen molar-refractivity contribution < 1.29 is 18.5 Å². The molecule has 0 aliphatic rings. The van der Waals surface area contributed by atoms with Crippen molar-refractivity contribution in [3.8, 4) is 0 Å². The second-order valence-corrected chi connectivity index (χ2v) is 8.42. The van der Waals surface area contributed by atoms with E-state index in [9.17, 15) is 4.79 Å². The molecular formula is C21H45NO3P+. The largest absolute Gasteiger partial charge is 0.458 e. The van der Waals surface area contributed by atoms with Crippen LogP contribution in [-0.2, 0) is 14.1 Å². The first-order valence-electron chi connectivity index (χ1n) is 10.8. The second kappa shape index (κ2) is 17.0. The lowest BCUT2D eigenvalue weighted by molar-refractivity contribution is -0.890. The standard InChI is InChI=1S/C21H45NO3P/c1-5-7-9-11-12-13-15-17-22(3,4)18-19-24-21(23)20(25-26)16-14-10-8-6-2/h20H,5-19,26H2,1-4H3/q+1. The van der Waals surface area contributed by atoms with E-state index in [2.05, 4.69) is 37.4 Å². The fourth-order valence-electron chi connectivity index (χ4n) is 3.09. The van der Waals surface area contributed by atoms with Crippen LogP contribution in [0.2, 0.25) is 0 Å². The third kappa shape index (κ3) is 14.9. The summed E-state index contributed by atoms with van der Waals surface area (Å²) in [6, 6.07) is 0. The van der Waals surface area contributed by atoms with Gasteiger partial charge in [0, 0.05) is 9.47 Å². The minimum absolute atomic E-state index is 0.215. The summed E-state index contributed by atoms with van der Waals surface area (Å²) in [4.78, 5) is 12.1. The number of carbonyl (C=O) groups excluding carboxylic acids is 1. The van der Waals surface area contributed by atoms with Gasteiger partial charge in [-0.1, -0.05) is 71.6 Å². The summed E-state index contributed by atoms with van der Waals surface area (Å²) in [7, 11) is 6.66. The zero-order valence-electron chi connectivity index (χ0n) is 17.9. The molecule has 5 heteroatoms. The number of rotatable bonds is 18. The maximum absolute atomic E-state index is 12.1. The van der Waals surface area contributed by atoms with E-state index < -0.39 is 6.10 Å². The Labute approximate surface area is 165 Å². The predicted octanol–water partition coefficient (Wildman–Crippen LogP) is 5.50. The highest BCUT2D eigenvalue weighted by molar-refractivity contribution is 7.09. The van der Waals surface area contributed by atoms with E-state index >= 15 is 0 Å². The summed E-state index contributed by atoms with van der Waals surface area (Å²) in [6.07, 6.45) is 14.2. The van der Waals surface area contributed by atoms with Crippen LogP contribution in [0.4, 0.5) is 0 Å². The first-order valence-corrected chi connectivity index (χ1v) is 11.3. The third-order valence-corrected chi connectivity index (χ3v) is 5.38. The monoisotopic (exact) mass is 390 g/mol. The van der Waals surface area contributed by atoms with Crippen LogP contribution in [0.5, 0.6) is 0 Å². The van der Waals surface area contributed by atoms with E-state index in [1.165, 1.54) is 57.8 Å². The molecule has 0 aliphatic heterocycles. The second-order valence-electron chi connectivity index (χ2n) is 8.15. The Bertz CT molecular complexity index is 337. The summed E-state index contributed by atoms with van der Waals surface area (Å²) in [5.41, 5.74) is 0. The van der Waals surface area contributed by atoms with Gasteiger partial charge in [-0.05, 0) is 19.3 Å². The van der Waals surface area contributed by atoms with Crippen LogP contribution in [0.25, 0.3) is 0 Å². The SMILES string of the molecule is CCCCCCCCC[N+](C)(C)CCOC(=O)C(CCCCCC)OP. The molecule has 0 aliphatic carbocycles. The maximum Gasteiger partial charge on any atom is 0.335 e. The van der Waals surface area contributed by atoms with Crippen LogP contribution in [0.1, 0.15) is 90.9 Å². The summed E-state index contributed by atoms with van der Waals surface area (Å²) in [5, 5.41) is 0. The highest BCUT2D eigenvalue weighted by atomic mass is 31.0.